The van der Waals surface area contributed by atoms with E-state index in [-0.39, 0.29) is 17.9 Å². The van der Waals surface area contributed by atoms with Crippen molar-refractivity contribution in [2.24, 2.45) is 5.92 Å². The van der Waals surface area contributed by atoms with Crippen molar-refractivity contribution in [2.75, 3.05) is 0 Å². The highest BCUT2D eigenvalue weighted by molar-refractivity contribution is 6.02. The van der Waals surface area contributed by atoms with E-state index in [1.165, 1.54) is 0 Å². The van der Waals surface area contributed by atoms with Crippen molar-refractivity contribution in [3.63, 3.8) is 0 Å². The lowest BCUT2D eigenvalue weighted by molar-refractivity contribution is -0.223. The Hall–Kier alpha value is -2.56. The van der Waals surface area contributed by atoms with E-state index in [1.54, 1.807) is 48.5 Å². The van der Waals surface area contributed by atoms with Gasteiger partial charge in [0.1, 0.15) is 0 Å². The van der Waals surface area contributed by atoms with Crippen LogP contribution in [0.15, 0.2) is 54.6 Å². The lowest BCUT2D eigenvalue weighted by Gasteiger charge is -2.24. The summed E-state index contributed by atoms with van der Waals surface area (Å²) in [5.41, 5.74) is 0.00332. The molecule has 0 saturated heterocycles. The number of fused-ring (bicyclic) bond motifs is 2. The molecule has 160 valence electrons. The largest absolute Gasteiger partial charge is 0.448 e. The SMILES string of the molecule is CCCC[C@@H](C)CCC(=O)O[C@H](c1c2ccccc2cc2ccccc12)C(F)(F)F. The molecule has 2 nitrogen and oxygen atoms in total. The molecule has 0 fully saturated rings. The van der Waals surface area contributed by atoms with Gasteiger partial charge in [0.25, 0.3) is 0 Å². The highest BCUT2D eigenvalue weighted by Gasteiger charge is 2.45. The van der Waals surface area contributed by atoms with E-state index in [1.807, 2.05) is 13.0 Å². The number of esters is 1. The van der Waals surface area contributed by atoms with Crippen LogP contribution in [-0.2, 0) is 9.53 Å². The topological polar surface area (TPSA) is 26.3 Å². The number of ether oxygens (including phenoxy) is 1. The Bertz CT molecular complexity index is 956. The van der Waals surface area contributed by atoms with Gasteiger partial charge in [-0.3, -0.25) is 4.79 Å². The first-order valence-electron chi connectivity index (χ1n) is 10.5. The number of benzene rings is 3. The van der Waals surface area contributed by atoms with Gasteiger partial charge in [0.2, 0.25) is 6.10 Å². The van der Waals surface area contributed by atoms with E-state index in [2.05, 4.69) is 6.92 Å². The summed E-state index contributed by atoms with van der Waals surface area (Å²) in [7, 11) is 0. The Labute approximate surface area is 175 Å². The Balaban J connectivity index is 1.96. The van der Waals surface area contributed by atoms with Gasteiger partial charge in [0.05, 0.1) is 0 Å². The average molecular weight is 416 g/mol. The summed E-state index contributed by atoms with van der Waals surface area (Å²) in [5, 5.41) is 2.26. The highest BCUT2D eigenvalue weighted by atomic mass is 19.4. The molecule has 0 saturated carbocycles. The Kier molecular flexibility index (Phi) is 7.01. The molecule has 3 rings (SSSR count). The number of carbonyl (C=O) groups is 1. The molecule has 0 aliphatic carbocycles. The van der Waals surface area contributed by atoms with Gasteiger partial charge in [-0.15, -0.1) is 0 Å². The van der Waals surface area contributed by atoms with Crippen LogP contribution in [0.25, 0.3) is 21.5 Å². The second-order valence-electron chi connectivity index (χ2n) is 7.93. The molecule has 3 aromatic carbocycles. The van der Waals surface area contributed by atoms with E-state index in [0.717, 1.165) is 19.3 Å². The Morgan fingerprint density at radius 1 is 0.967 bits per heavy atom. The maximum absolute atomic E-state index is 14.1. The first kappa shape index (κ1) is 22.1. The summed E-state index contributed by atoms with van der Waals surface area (Å²) >= 11 is 0. The second kappa shape index (κ2) is 9.50. The van der Waals surface area contributed by atoms with Gasteiger partial charge in [0.15, 0.2) is 0 Å². The smallest absolute Gasteiger partial charge is 0.429 e. The molecule has 0 aliphatic heterocycles. The quantitative estimate of drug-likeness (QED) is 0.277. The van der Waals surface area contributed by atoms with E-state index in [0.29, 0.717) is 28.0 Å². The van der Waals surface area contributed by atoms with Crippen molar-refractivity contribution in [2.45, 2.75) is 58.2 Å². The van der Waals surface area contributed by atoms with Crippen LogP contribution < -0.4 is 0 Å². The Morgan fingerprint density at radius 2 is 1.53 bits per heavy atom. The number of rotatable bonds is 8. The van der Waals surface area contributed by atoms with Crippen LogP contribution in [0.2, 0.25) is 0 Å². The summed E-state index contributed by atoms with van der Waals surface area (Å²) < 4.78 is 47.4. The van der Waals surface area contributed by atoms with Crippen molar-refractivity contribution in [1.82, 2.24) is 0 Å². The van der Waals surface area contributed by atoms with Crippen LogP contribution in [-0.4, -0.2) is 12.1 Å². The molecule has 0 spiro atoms. The van der Waals surface area contributed by atoms with Gasteiger partial charge < -0.3 is 4.74 Å². The van der Waals surface area contributed by atoms with E-state index in [9.17, 15) is 18.0 Å². The molecule has 2 atom stereocenters. The third-order valence-electron chi connectivity index (χ3n) is 5.51. The van der Waals surface area contributed by atoms with Crippen molar-refractivity contribution in [3.05, 3.63) is 60.2 Å². The van der Waals surface area contributed by atoms with E-state index < -0.39 is 18.2 Å². The standard InChI is InChI=1S/C25H27F3O2/c1-3-4-9-17(2)14-15-22(29)30-24(25(26,27)28)23-20-12-7-5-10-18(20)16-19-11-6-8-13-21(19)23/h5-8,10-13,16-17,24H,3-4,9,14-15H2,1-2H3/t17-,24-/m1/s1. The van der Waals surface area contributed by atoms with Gasteiger partial charge in [-0.1, -0.05) is 81.6 Å². The van der Waals surface area contributed by atoms with Gasteiger partial charge in [-0.25, -0.2) is 0 Å². The van der Waals surface area contributed by atoms with E-state index in [4.69, 9.17) is 4.74 Å². The summed E-state index contributed by atoms with van der Waals surface area (Å²) in [6, 6.07) is 15.7. The second-order valence-corrected chi connectivity index (χ2v) is 7.93. The maximum Gasteiger partial charge on any atom is 0.429 e. The first-order valence-corrected chi connectivity index (χ1v) is 10.5. The summed E-state index contributed by atoms with van der Waals surface area (Å²) in [4.78, 5) is 12.4. The number of carbonyl (C=O) groups excluding carboxylic acids is 1. The minimum absolute atomic E-state index is 0.00332. The molecule has 0 heterocycles. The number of unbranched alkanes of at least 4 members (excludes halogenated alkanes) is 1. The average Bonchev–Trinajstić information content (AvgIpc) is 2.72. The van der Waals surface area contributed by atoms with Gasteiger partial charge in [-0.2, -0.15) is 13.2 Å². The zero-order valence-corrected chi connectivity index (χ0v) is 17.3. The zero-order valence-electron chi connectivity index (χ0n) is 17.3. The molecule has 0 unspecified atom stereocenters. The van der Waals surface area contributed by atoms with Gasteiger partial charge in [0, 0.05) is 12.0 Å². The first-order chi connectivity index (χ1) is 14.3. The minimum Gasteiger partial charge on any atom is -0.448 e. The molecular weight excluding hydrogens is 389 g/mol. The number of hydrogen-bond acceptors (Lipinski definition) is 2. The Morgan fingerprint density at radius 3 is 2.07 bits per heavy atom. The summed E-state index contributed by atoms with van der Waals surface area (Å²) in [6.45, 7) is 4.10. The van der Waals surface area contributed by atoms with Crippen LogP contribution in [0, 0.1) is 5.92 Å². The van der Waals surface area contributed by atoms with Gasteiger partial charge >= 0.3 is 12.1 Å². The molecule has 0 aliphatic rings. The number of alkyl halides is 3. The predicted octanol–water partition coefficient (Wildman–Crippen LogP) is 7.75. The van der Waals surface area contributed by atoms with Crippen LogP contribution in [0.3, 0.4) is 0 Å². The van der Waals surface area contributed by atoms with Crippen LogP contribution in [0.4, 0.5) is 13.2 Å². The molecule has 0 N–H and O–H groups in total. The molecule has 0 aromatic heterocycles. The van der Waals surface area contributed by atoms with Crippen molar-refractivity contribution in [1.29, 1.82) is 0 Å². The van der Waals surface area contributed by atoms with Crippen molar-refractivity contribution < 1.29 is 22.7 Å². The fraction of sp³-hybridized carbons (Fsp3) is 0.400. The lowest BCUT2D eigenvalue weighted by atomic mass is 9.93. The molecule has 0 bridgehead atoms. The fourth-order valence-electron chi connectivity index (χ4n) is 3.87. The van der Waals surface area contributed by atoms with E-state index >= 15 is 0 Å². The number of halogens is 3. The summed E-state index contributed by atoms with van der Waals surface area (Å²) in [6.07, 6.45) is -3.44. The summed E-state index contributed by atoms with van der Waals surface area (Å²) in [5.74, 6) is -0.530. The predicted molar refractivity (Wildman–Crippen MR) is 114 cm³/mol. The van der Waals surface area contributed by atoms with Crippen molar-refractivity contribution >= 4 is 27.5 Å². The number of hydrogen-bond donors (Lipinski definition) is 0. The third kappa shape index (κ3) is 5.13. The van der Waals surface area contributed by atoms with Crippen molar-refractivity contribution in [3.8, 4) is 0 Å². The zero-order chi connectivity index (χ0) is 21.7. The van der Waals surface area contributed by atoms with Crippen LogP contribution in [0.1, 0.15) is 57.6 Å². The lowest BCUT2D eigenvalue weighted by Crippen LogP contribution is -2.27. The third-order valence-corrected chi connectivity index (χ3v) is 5.51. The van der Waals surface area contributed by atoms with Gasteiger partial charge in [-0.05, 0) is 39.9 Å². The highest BCUT2D eigenvalue weighted by Crippen LogP contribution is 2.43. The molecule has 5 heteroatoms. The normalized spacial score (nSPS) is 14.0. The molecule has 0 radical (unpaired) electrons. The minimum atomic E-state index is -4.71. The maximum atomic E-state index is 14.1. The van der Waals surface area contributed by atoms with Crippen LogP contribution >= 0.6 is 0 Å². The molecule has 3 aromatic rings. The molecule has 0 amide bonds. The molecular formula is C25H27F3O2. The molecule has 30 heavy (non-hydrogen) atoms. The van der Waals surface area contributed by atoms with Crippen LogP contribution in [0.5, 0.6) is 0 Å². The monoisotopic (exact) mass is 416 g/mol. The fourth-order valence-corrected chi connectivity index (χ4v) is 3.87.